The average molecular weight is 393 g/mol. The zero-order valence-corrected chi connectivity index (χ0v) is 15.3. The Morgan fingerprint density at radius 2 is 1.93 bits per heavy atom. The maximum absolute atomic E-state index is 12.7. The summed E-state index contributed by atoms with van der Waals surface area (Å²) in [5.41, 5.74) is 0.568. The van der Waals surface area contributed by atoms with Gasteiger partial charge in [-0.15, -0.1) is 0 Å². The number of aromatic nitrogens is 2. The lowest BCUT2D eigenvalue weighted by molar-refractivity contribution is -0.137. The SMILES string of the molecule is O=CC1CCN(S(=O)(=O)c2ccc(-c3noc(CCC(=O)O)n3)cc2)CC1. The lowest BCUT2D eigenvalue weighted by Gasteiger charge is -2.28. The number of rotatable bonds is 7. The summed E-state index contributed by atoms with van der Waals surface area (Å²) in [6.07, 6.45) is 1.96. The van der Waals surface area contributed by atoms with Crippen molar-refractivity contribution >= 4 is 22.3 Å². The van der Waals surface area contributed by atoms with E-state index in [-0.39, 0.29) is 35.4 Å². The van der Waals surface area contributed by atoms with Crippen molar-refractivity contribution in [2.75, 3.05) is 13.1 Å². The molecule has 9 nitrogen and oxygen atoms in total. The number of benzene rings is 1. The number of aliphatic carboxylic acids is 1. The second kappa shape index (κ2) is 7.97. The Morgan fingerprint density at radius 1 is 1.26 bits per heavy atom. The summed E-state index contributed by atoms with van der Waals surface area (Å²) in [4.78, 5) is 25.7. The summed E-state index contributed by atoms with van der Waals surface area (Å²) in [6, 6.07) is 6.11. The fraction of sp³-hybridized carbons (Fsp3) is 0.412. The van der Waals surface area contributed by atoms with Crippen LogP contribution < -0.4 is 0 Å². The third-order valence-electron chi connectivity index (χ3n) is 4.46. The monoisotopic (exact) mass is 393 g/mol. The summed E-state index contributed by atoms with van der Waals surface area (Å²) >= 11 is 0. The lowest BCUT2D eigenvalue weighted by Crippen LogP contribution is -2.38. The van der Waals surface area contributed by atoms with Crippen molar-refractivity contribution in [3.63, 3.8) is 0 Å². The van der Waals surface area contributed by atoms with Crippen LogP contribution in [0.1, 0.15) is 25.2 Å². The van der Waals surface area contributed by atoms with Crippen molar-refractivity contribution in [1.29, 1.82) is 0 Å². The standard InChI is InChI=1S/C17H19N3O6S/c21-11-12-7-9-20(10-8-12)27(24,25)14-3-1-13(2-4-14)17-18-15(26-19-17)5-6-16(22)23/h1-4,11-12H,5-10H2,(H,22,23). The van der Waals surface area contributed by atoms with Gasteiger partial charge in [0.25, 0.3) is 0 Å². The number of aryl methyl sites for hydroxylation is 1. The molecule has 0 amide bonds. The number of carbonyl (C=O) groups excluding carboxylic acids is 1. The Kier molecular flexibility index (Phi) is 5.66. The number of piperidine rings is 1. The highest BCUT2D eigenvalue weighted by molar-refractivity contribution is 7.89. The van der Waals surface area contributed by atoms with Crippen LogP contribution in [0.4, 0.5) is 0 Å². The zero-order chi connectivity index (χ0) is 19.4. The van der Waals surface area contributed by atoms with Crippen LogP contribution in [-0.4, -0.2) is 53.3 Å². The van der Waals surface area contributed by atoms with Crippen LogP contribution >= 0.6 is 0 Å². The zero-order valence-electron chi connectivity index (χ0n) is 14.4. The summed E-state index contributed by atoms with van der Waals surface area (Å²) in [5, 5.41) is 12.5. The molecule has 1 aromatic heterocycles. The summed E-state index contributed by atoms with van der Waals surface area (Å²) in [6.45, 7) is 0.649. The van der Waals surface area contributed by atoms with Gasteiger partial charge in [0.15, 0.2) is 0 Å². The summed E-state index contributed by atoms with van der Waals surface area (Å²) in [5.74, 6) is -0.554. The molecule has 1 aromatic carbocycles. The lowest BCUT2D eigenvalue weighted by atomic mass is 10.0. The number of hydrogen-bond acceptors (Lipinski definition) is 7. The molecule has 1 aliphatic rings. The Balaban J connectivity index is 1.71. The van der Waals surface area contributed by atoms with E-state index in [2.05, 4.69) is 10.1 Å². The summed E-state index contributed by atoms with van der Waals surface area (Å²) in [7, 11) is -3.62. The molecule has 0 aliphatic carbocycles. The number of sulfonamides is 1. The molecular formula is C17H19N3O6S. The third-order valence-corrected chi connectivity index (χ3v) is 6.38. The first kappa shape index (κ1) is 19.2. The quantitative estimate of drug-likeness (QED) is 0.698. The van der Waals surface area contributed by atoms with E-state index in [0.29, 0.717) is 31.5 Å². The van der Waals surface area contributed by atoms with Crippen molar-refractivity contribution in [1.82, 2.24) is 14.4 Å². The van der Waals surface area contributed by atoms with E-state index in [1.165, 1.54) is 16.4 Å². The van der Waals surface area contributed by atoms with Crippen molar-refractivity contribution in [3.05, 3.63) is 30.2 Å². The molecule has 1 N–H and O–H groups in total. The van der Waals surface area contributed by atoms with Crippen LogP contribution in [0.5, 0.6) is 0 Å². The van der Waals surface area contributed by atoms with Gasteiger partial charge in [0, 0.05) is 31.0 Å². The molecule has 2 heterocycles. The largest absolute Gasteiger partial charge is 0.481 e. The first-order chi connectivity index (χ1) is 12.9. The Hall–Kier alpha value is -2.59. The van der Waals surface area contributed by atoms with Crippen LogP contribution in [0.25, 0.3) is 11.4 Å². The number of carboxylic acid groups (broad SMARTS) is 1. The van der Waals surface area contributed by atoms with E-state index in [4.69, 9.17) is 9.63 Å². The Morgan fingerprint density at radius 3 is 2.52 bits per heavy atom. The van der Waals surface area contributed by atoms with Gasteiger partial charge in [-0.25, -0.2) is 8.42 Å². The highest BCUT2D eigenvalue weighted by atomic mass is 32.2. The predicted octanol–water partition coefficient (Wildman–Crippen LogP) is 1.35. The number of nitrogens with zero attached hydrogens (tertiary/aromatic N) is 3. The first-order valence-corrected chi connectivity index (χ1v) is 9.94. The second-order valence-electron chi connectivity index (χ2n) is 6.31. The molecule has 0 unspecified atom stereocenters. The number of carboxylic acids is 1. The topological polar surface area (TPSA) is 131 Å². The van der Waals surface area contributed by atoms with Crippen molar-refractivity contribution in [3.8, 4) is 11.4 Å². The molecule has 1 saturated heterocycles. The molecule has 10 heteroatoms. The van der Waals surface area contributed by atoms with Gasteiger partial charge in [0.1, 0.15) is 6.29 Å². The molecule has 0 bridgehead atoms. The van der Waals surface area contributed by atoms with E-state index in [1.807, 2.05) is 0 Å². The molecule has 27 heavy (non-hydrogen) atoms. The molecule has 1 aliphatic heterocycles. The fourth-order valence-electron chi connectivity index (χ4n) is 2.86. The number of aldehydes is 1. The van der Waals surface area contributed by atoms with Crippen LogP contribution in [0.2, 0.25) is 0 Å². The maximum atomic E-state index is 12.7. The minimum absolute atomic E-state index is 0.0765. The molecule has 1 fully saturated rings. The third kappa shape index (κ3) is 4.40. The maximum Gasteiger partial charge on any atom is 0.303 e. The number of carbonyl (C=O) groups is 2. The van der Waals surface area contributed by atoms with Crippen LogP contribution in [0, 0.1) is 5.92 Å². The van der Waals surface area contributed by atoms with E-state index in [1.54, 1.807) is 12.1 Å². The van der Waals surface area contributed by atoms with Gasteiger partial charge in [-0.1, -0.05) is 5.16 Å². The van der Waals surface area contributed by atoms with Gasteiger partial charge in [-0.3, -0.25) is 4.79 Å². The Labute approximate surface area is 156 Å². The van der Waals surface area contributed by atoms with Crippen LogP contribution in [-0.2, 0) is 26.0 Å². The molecule has 0 spiro atoms. The smallest absolute Gasteiger partial charge is 0.303 e. The van der Waals surface area contributed by atoms with Gasteiger partial charge >= 0.3 is 5.97 Å². The summed E-state index contributed by atoms with van der Waals surface area (Å²) < 4.78 is 31.8. The van der Waals surface area contributed by atoms with Crippen molar-refractivity contribution in [2.45, 2.75) is 30.6 Å². The second-order valence-corrected chi connectivity index (χ2v) is 8.25. The Bertz CT molecular complexity index is 914. The van der Waals surface area contributed by atoms with Gasteiger partial charge in [0.05, 0.1) is 11.3 Å². The fourth-order valence-corrected chi connectivity index (χ4v) is 4.33. The van der Waals surface area contributed by atoms with Gasteiger partial charge < -0.3 is 14.4 Å². The molecule has 144 valence electrons. The van der Waals surface area contributed by atoms with Gasteiger partial charge in [-0.2, -0.15) is 9.29 Å². The normalized spacial score (nSPS) is 16.3. The molecule has 0 atom stereocenters. The highest BCUT2D eigenvalue weighted by Gasteiger charge is 2.29. The predicted molar refractivity (Wildman–Crippen MR) is 93.2 cm³/mol. The van der Waals surface area contributed by atoms with Gasteiger partial charge in [0.2, 0.25) is 21.7 Å². The van der Waals surface area contributed by atoms with E-state index < -0.39 is 16.0 Å². The minimum atomic E-state index is -3.62. The van der Waals surface area contributed by atoms with Crippen LogP contribution in [0.3, 0.4) is 0 Å². The minimum Gasteiger partial charge on any atom is -0.481 e. The molecule has 3 rings (SSSR count). The molecule has 0 radical (unpaired) electrons. The molecule has 2 aromatic rings. The molecular weight excluding hydrogens is 374 g/mol. The van der Waals surface area contributed by atoms with Crippen molar-refractivity contribution in [2.24, 2.45) is 5.92 Å². The molecule has 0 saturated carbocycles. The first-order valence-electron chi connectivity index (χ1n) is 8.50. The van der Waals surface area contributed by atoms with E-state index in [0.717, 1.165) is 6.29 Å². The highest BCUT2D eigenvalue weighted by Crippen LogP contribution is 2.25. The van der Waals surface area contributed by atoms with Crippen LogP contribution in [0.15, 0.2) is 33.7 Å². The number of hydrogen-bond donors (Lipinski definition) is 1. The van der Waals surface area contributed by atoms with Crippen molar-refractivity contribution < 1.29 is 27.6 Å². The van der Waals surface area contributed by atoms with E-state index >= 15 is 0 Å². The van der Waals surface area contributed by atoms with Gasteiger partial charge in [-0.05, 0) is 37.1 Å². The average Bonchev–Trinajstić information content (AvgIpc) is 3.15. The van der Waals surface area contributed by atoms with E-state index in [9.17, 15) is 18.0 Å².